The van der Waals surface area contributed by atoms with Gasteiger partial charge in [-0.2, -0.15) is 0 Å². The average Bonchev–Trinajstić information content (AvgIpc) is 2.57. The van der Waals surface area contributed by atoms with Gasteiger partial charge in [-0.25, -0.2) is 4.79 Å². The first-order chi connectivity index (χ1) is 11.5. The summed E-state index contributed by atoms with van der Waals surface area (Å²) in [7, 11) is 0. The van der Waals surface area contributed by atoms with E-state index >= 15 is 0 Å². The van der Waals surface area contributed by atoms with Crippen molar-refractivity contribution in [2.24, 2.45) is 5.92 Å². The summed E-state index contributed by atoms with van der Waals surface area (Å²) in [5.41, 5.74) is 0.953. The Morgan fingerprint density at radius 1 is 1.08 bits per heavy atom. The van der Waals surface area contributed by atoms with Gasteiger partial charge in [-0.3, -0.25) is 0 Å². The third kappa shape index (κ3) is 3.95. The summed E-state index contributed by atoms with van der Waals surface area (Å²) in [6.45, 7) is 6.77. The molecule has 4 nitrogen and oxygen atoms in total. The summed E-state index contributed by atoms with van der Waals surface area (Å²) < 4.78 is 11.4. The second kappa shape index (κ2) is 7.97. The molecule has 0 fully saturated rings. The molecule has 2 rings (SSSR count). The van der Waals surface area contributed by atoms with E-state index in [0.717, 1.165) is 11.1 Å². The zero-order chi connectivity index (χ0) is 17.6. The van der Waals surface area contributed by atoms with Crippen LogP contribution in [0.2, 0.25) is 0 Å². The van der Waals surface area contributed by atoms with Crippen LogP contribution in [0.5, 0.6) is 5.75 Å². The van der Waals surface area contributed by atoms with Crippen molar-refractivity contribution in [3.05, 3.63) is 65.7 Å². The highest BCUT2D eigenvalue weighted by molar-refractivity contribution is 5.63. The minimum absolute atomic E-state index is 0.305. The van der Waals surface area contributed by atoms with Gasteiger partial charge in [-0.1, -0.05) is 69.3 Å². The van der Waals surface area contributed by atoms with Gasteiger partial charge in [0.2, 0.25) is 0 Å². The number of hydrogen-bond donors (Lipinski definition) is 1. The molecule has 0 saturated carbocycles. The van der Waals surface area contributed by atoms with Crippen LogP contribution in [0.3, 0.4) is 0 Å². The van der Waals surface area contributed by atoms with Gasteiger partial charge in [0.25, 0.3) is 0 Å². The van der Waals surface area contributed by atoms with Gasteiger partial charge in [0, 0.05) is 5.56 Å². The molecule has 128 valence electrons. The van der Waals surface area contributed by atoms with Crippen LogP contribution < -0.4 is 4.74 Å². The molecule has 1 unspecified atom stereocenters. The quantitative estimate of drug-likeness (QED) is 0.569. The van der Waals surface area contributed by atoms with Crippen molar-refractivity contribution in [2.45, 2.75) is 32.8 Å². The zero-order valence-corrected chi connectivity index (χ0v) is 14.4. The number of ether oxygens (including phenoxy) is 2. The van der Waals surface area contributed by atoms with Crippen LogP contribution in [0.4, 0.5) is 4.79 Å². The monoisotopic (exact) mass is 328 g/mol. The molecule has 0 spiro atoms. The Morgan fingerprint density at radius 2 is 1.71 bits per heavy atom. The summed E-state index contributed by atoms with van der Waals surface area (Å²) >= 11 is 0. The zero-order valence-electron chi connectivity index (χ0n) is 14.4. The molecule has 0 heterocycles. The fraction of sp³-hybridized carbons (Fsp3) is 0.350. The Bertz CT molecular complexity index is 666. The lowest BCUT2D eigenvalue weighted by atomic mass is 9.83. The van der Waals surface area contributed by atoms with E-state index < -0.39 is 11.8 Å². The fourth-order valence-electron chi connectivity index (χ4n) is 2.81. The maximum absolute atomic E-state index is 11.1. The lowest BCUT2D eigenvalue weighted by molar-refractivity contribution is -0.0358. The van der Waals surface area contributed by atoms with Crippen molar-refractivity contribution in [2.75, 3.05) is 6.61 Å². The van der Waals surface area contributed by atoms with Gasteiger partial charge < -0.3 is 14.6 Å². The lowest BCUT2D eigenvalue weighted by Gasteiger charge is -2.35. The molecule has 0 aromatic heterocycles. The van der Waals surface area contributed by atoms with E-state index in [1.807, 2.05) is 49.4 Å². The van der Waals surface area contributed by atoms with Gasteiger partial charge in [0.1, 0.15) is 11.4 Å². The number of carbonyl (C=O) groups is 1. The Labute approximate surface area is 143 Å². The minimum atomic E-state index is -1.33. The second-order valence-corrected chi connectivity index (χ2v) is 6.12. The van der Waals surface area contributed by atoms with Gasteiger partial charge >= 0.3 is 6.16 Å². The van der Waals surface area contributed by atoms with E-state index in [1.165, 1.54) is 0 Å². The van der Waals surface area contributed by atoms with Gasteiger partial charge in [-0.15, -0.1) is 0 Å². The van der Waals surface area contributed by atoms with Gasteiger partial charge in [-0.05, 0) is 24.0 Å². The summed E-state index contributed by atoms with van der Waals surface area (Å²) in [4.78, 5) is 11.1. The Balaban J connectivity index is 2.59. The molecule has 0 amide bonds. The summed E-state index contributed by atoms with van der Waals surface area (Å²) in [6, 6.07) is 17.0. The molecule has 0 bridgehead atoms. The number of para-hydroxylation sites is 1. The van der Waals surface area contributed by atoms with Crippen molar-refractivity contribution in [3.63, 3.8) is 0 Å². The minimum Gasteiger partial charge on any atom is -0.449 e. The second-order valence-electron chi connectivity index (χ2n) is 6.12. The summed E-state index contributed by atoms with van der Waals surface area (Å²) in [5, 5.41) is 9.06. The number of rotatable bonds is 7. The Morgan fingerprint density at radius 3 is 2.29 bits per heavy atom. The van der Waals surface area contributed by atoms with Crippen LogP contribution in [0, 0.1) is 5.92 Å². The molecule has 0 saturated heterocycles. The standard InChI is InChI=1S/C20H24O4/c1-4-20(23-14-15(2)3,16-10-6-5-7-11-16)17-12-8-9-13-18(17)24-19(21)22/h5-13,15H,4,14H2,1-3H3,(H,21,22). The van der Waals surface area contributed by atoms with Crippen LogP contribution in [0.1, 0.15) is 38.3 Å². The van der Waals surface area contributed by atoms with E-state index in [1.54, 1.807) is 12.1 Å². The molecule has 1 N–H and O–H groups in total. The molecule has 1 atom stereocenters. The van der Waals surface area contributed by atoms with Gasteiger partial charge in [0.05, 0.1) is 6.61 Å². The smallest absolute Gasteiger partial charge is 0.449 e. The first-order valence-electron chi connectivity index (χ1n) is 8.19. The lowest BCUT2D eigenvalue weighted by Crippen LogP contribution is -2.33. The van der Waals surface area contributed by atoms with Crippen molar-refractivity contribution < 1.29 is 19.4 Å². The molecule has 0 aliphatic heterocycles. The Hall–Kier alpha value is -2.33. The number of hydrogen-bond acceptors (Lipinski definition) is 3. The predicted molar refractivity (Wildman–Crippen MR) is 93.4 cm³/mol. The van der Waals surface area contributed by atoms with Crippen LogP contribution in [0.15, 0.2) is 54.6 Å². The van der Waals surface area contributed by atoms with Crippen molar-refractivity contribution in [1.82, 2.24) is 0 Å². The molecule has 24 heavy (non-hydrogen) atoms. The van der Waals surface area contributed by atoms with Crippen LogP contribution in [-0.2, 0) is 10.3 Å². The fourth-order valence-corrected chi connectivity index (χ4v) is 2.81. The molecular formula is C20H24O4. The highest BCUT2D eigenvalue weighted by Crippen LogP contribution is 2.41. The maximum atomic E-state index is 11.1. The third-order valence-corrected chi connectivity index (χ3v) is 3.92. The van der Waals surface area contributed by atoms with Crippen LogP contribution in [-0.4, -0.2) is 17.9 Å². The summed E-state index contributed by atoms with van der Waals surface area (Å²) in [6.07, 6.45) is -0.673. The van der Waals surface area contributed by atoms with E-state index in [4.69, 9.17) is 14.6 Å². The van der Waals surface area contributed by atoms with Crippen molar-refractivity contribution >= 4 is 6.16 Å². The first kappa shape index (κ1) is 18.0. The predicted octanol–water partition coefficient (Wildman–Crippen LogP) is 5.07. The normalized spacial score (nSPS) is 13.5. The molecule has 0 radical (unpaired) electrons. The highest BCUT2D eigenvalue weighted by atomic mass is 16.7. The topological polar surface area (TPSA) is 55.8 Å². The molecular weight excluding hydrogens is 304 g/mol. The molecule has 2 aromatic rings. The maximum Gasteiger partial charge on any atom is 0.511 e. The van der Waals surface area contributed by atoms with Crippen molar-refractivity contribution in [1.29, 1.82) is 0 Å². The molecule has 2 aromatic carbocycles. The first-order valence-corrected chi connectivity index (χ1v) is 8.19. The highest BCUT2D eigenvalue weighted by Gasteiger charge is 2.36. The third-order valence-electron chi connectivity index (χ3n) is 3.92. The number of benzene rings is 2. The molecule has 4 heteroatoms. The average molecular weight is 328 g/mol. The van der Waals surface area contributed by atoms with Crippen LogP contribution in [0.25, 0.3) is 0 Å². The molecule has 0 aliphatic rings. The van der Waals surface area contributed by atoms with Gasteiger partial charge in [0.15, 0.2) is 0 Å². The largest absolute Gasteiger partial charge is 0.511 e. The SMILES string of the molecule is CCC(OCC(C)C)(c1ccccc1)c1ccccc1OC(=O)O. The van der Waals surface area contributed by atoms with Crippen LogP contribution >= 0.6 is 0 Å². The van der Waals surface area contributed by atoms with E-state index in [-0.39, 0.29) is 0 Å². The summed E-state index contributed by atoms with van der Waals surface area (Å²) in [5.74, 6) is 0.659. The number of carboxylic acid groups (broad SMARTS) is 1. The Kier molecular flexibility index (Phi) is 5.99. The van der Waals surface area contributed by atoms with Crippen molar-refractivity contribution in [3.8, 4) is 5.75 Å². The van der Waals surface area contributed by atoms with E-state index in [2.05, 4.69) is 13.8 Å². The van der Waals surface area contributed by atoms with E-state index in [0.29, 0.717) is 24.7 Å². The molecule has 0 aliphatic carbocycles. The van der Waals surface area contributed by atoms with E-state index in [9.17, 15) is 4.79 Å².